The summed E-state index contributed by atoms with van der Waals surface area (Å²) in [6.45, 7) is 3.15. The zero-order valence-electron chi connectivity index (χ0n) is 15.9. The molecule has 0 saturated carbocycles. The van der Waals surface area contributed by atoms with Crippen LogP contribution >= 0.6 is 34.5 Å². The van der Waals surface area contributed by atoms with Gasteiger partial charge in [-0.3, -0.25) is 4.79 Å². The number of thiophene rings is 1. The van der Waals surface area contributed by atoms with Crippen molar-refractivity contribution >= 4 is 51.0 Å². The van der Waals surface area contributed by atoms with Crippen LogP contribution in [0.4, 0.5) is 10.0 Å². The number of nitrogens with one attached hydrogen (secondary N) is 2. The lowest BCUT2D eigenvalue weighted by Gasteiger charge is -2.27. The van der Waals surface area contributed by atoms with Crippen LogP contribution in [0.15, 0.2) is 18.2 Å². The van der Waals surface area contributed by atoms with Crippen molar-refractivity contribution < 1.29 is 14.6 Å². The van der Waals surface area contributed by atoms with Crippen molar-refractivity contribution in [3.63, 3.8) is 0 Å². The van der Waals surface area contributed by atoms with E-state index in [0.29, 0.717) is 41.8 Å². The first-order valence-corrected chi connectivity index (χ1v) is 10.4. The summed E-state index contributed by atoms with van der Waals surface area (Å²) in [7, 11) is 1.56. The third-order valence-electron chi connectivity index (χ3n) is 4.02. The molecule has 1 fully saturated rings. The fraction of sp³-hybridized carbons (Fsp3) is 0.368. The Balaban J connectivity index is 0.000000687. The minimum Gasteiger partial charge on any atom is -0.395 e. The third kappa shape index (κ3) is 5.98. The highest BCUT2D eigenvalue weighted by Gasteiger charge is 2.25. The highest BCUT2D eigenvalue weighted by Crippen LogP contribution is 2.47. The van der Waals surface area contributed by atoms with Gasteiger partial charge in [0.05, 0.1) is 35.4 Å². The lowest BCUT2D eigenvalue weighted by atomic mass is 10.0. The zero-order valence-corrected chi connectivity index (χ0v) is 18.2. The van der Waals surface area contributed by atoms with Crippen molar-refractivity contribution in [3.8, 4) is 17.2 Å². The maximum Gasteiger partial charge on any atom is 0.206 e. The Morgan fingerprint density at radius 1 is 1.38 bits per heavy atom. The predicted octanol–water partition coefficient (Wildman–Crippen LogP) is 3.20. The molecule has 1 aromatic carbocycles. The summed E-state index contributed by atoms with van der Waals surface area (Å²) in [6.07, 6.45) is 0.625. The normalized spacial score (nSPS) is 13.1. The minimum atomic E-state index is 0.000461. The van der Waals surface area contributed by atoms with E-state index in [1.54, 1.807) is 19.2 Å². The largest absolute Gasteiger partial charge is 0.395 e. The Hall–Kier alpha value is -2.02. The molecule has 2 aromatic rings. The maximum atomic E-state index is 9.83. The van der Waals surface area contributed by atoms with Crippen molar-refractivity contribution in [1.29, 1.82) is 5.26 Å². The van der Waals surface area contributed by atoms with E-state index < -0.39 is 0 Å². The van der Waals surface area contributed by atoms with E-state index in [-0.39, 0.29) is 6.61 Å². The molecule has 0 unspecified atom stereocenters. The first-order valence-electron chi connectivity index (χ1n) is 8.88. The number of anilines is 2. The van der Waals surface area contributed by atoms with Crippen molar-refractivity contribution in [2.75, 3.05) is 56.7 Å². The van der Waals surface area contributed by atoms with Crippen LogP contribution in [-0.4, -0.2) is 58.0 Å². The number of carbonyl (C=O) groups excluding carboxylic acids is 1. The molecule has 2 heterocycles. The van der Waals surface area contributed by atoms with Gasteiger partial charge < -0.3 is 25.4 Å². The summed E-state index contributed by atoms with van der Waals surface area (Å²) in [5.74, 6) is 0. The highest BCUT2D eigenvalue weighted by atomic mass is 35.5. The van der Waals surface area contributed by atoms with Gasteiger partial charge in [-0.25, -0.2) is 0 Å². The summed E-state index contributed by atoms with van der Waals surface area (Å²) < 4.78 is 5.41. The van der Waals surface area contributed by atoms with Gasteiger partial charge in [0.2, 0.25) is 6.41 Å². The van der Waals surface area contributed by atoms with E-state index in [1.165, 1.54) is 11.3 Å². The van der Waals surface area contributed by atoms with Gasteiger partial charge in [0.1, 0.15) is 11.1 Å². The number of morpholine rings is 1. The molecule has 7 nitrogen and oxygen atoms in total. The first kappa shape index (κ1) is 23.3. The number of carbonyl (C=O) groups is 1. The predicted molar refractivity (Wildman–Crippen MR) is 118 cm³/mol. The number of rotatable bonds is 6. The van der Waals surface area contributed by atoms with Crippen LogP contribution in [0.3, 0.4) is 0 Å². The van der Waals surface area contributed by atoms with Crippen LogP contribution in [0.1, 0.15) is 5.56 Å². The van der Waals surface area contributed by atoms with Gasteiger partial charge >= 0.3 is 0 Å². The minimum absolute atomic E-state index is 0.000461. The second-order valence-corrected chi connectivity index (χ2v) is 7.72. The number of halogens is 2. The van der Waals surface area contributed by atoms with Crippen LogP contribution in [0.2, 0.25) is 10.0 Å². The van der Waals surface area contributed by atoms with E-state index >= 15 is 0 Å². The molecule has 156 valence electrons. The number of nitrogens with zero attached hydrogens (tertiary/aromatic N) is 2. The molecule has 0 bridgehead atoms. The Kier molecular flexibility index (Phi) is 9.51. The van der Waals surface area contributed by atoms with E-state index in [2.05, 4.69) is 21.6 Å². The molecule has 3 N–H and O–H groups in total. The van der Waals surface area contributed by atoms with Gasteiger partial charge in [-0.1, -0.05) is 40.6 Å². The van der Waals surface area contributed by atoms with Crippen molar-refractivity contribution in [3.05, 3.63) is 33.8 Å². The van der Waals surface area contributed by atoms with Crippen molar-refractivity contribution in [2.24, 2.45) is 0 Å². The van der Waals surface area contributed by atoms with Gasteiger partial charge in [0.25, 0.3) is 0 Å². The van der Waals surface area contributed by atoms with Crippen LogP contribution in [-0.2, 0) is 9.53 Å². The first-order chi connectivity index (χ1) is 14.1. The van der Waals surface area contributed by atoms with E-state index in [4.69, 9.17) is 37.8 Å². The van der Waals surface area contributed by atoms with Crippen LogP contribution < -0.4 is 15.5 Å². The molecule has 29 heavy (non-hydrogen) atoms. The highest BCUT2D eigenvalue weighted by molar-refractivity contribution is 7.21. The Morgan fingerprint density at radius 3 is 2.62 bits per heavy atom. The van der Waals surface area contributed by atoms with Crippen LogP contribution in [0.25, 0.3) is 11.1 Å². The molecule has 1 amide bonds. The number of nitriles is 1. The van der Waals surface area contributed by atoms with Gasteiger partial charge in [0.15, 0.2) is 0 Å². The van der Waals surface area contributed by atoms with Gasteiger partial charge in [-0.05, 0) is 12.1 Å². The molecule has 0 radical (unpaired) electrons. The van der Waals surface area contributed by atoms with Crippen LogP contribution in [0.5, 0.6) is 0 Å². The smallest absolute Gasteiger partial charge is 0.206 e. The zero-order chi connectivity index (χ0) is 21.2. The molecule has 10 heteroatoms. The number of aliphatic hydroxyl groups is 1. The second kappa shape index (κ2) is 11.9. The van der Waals surface area contributed by atoms with E-state index in [1.807, 2.05) is 6.07 Å². The molecule has 0 aliphatic carbocycles. The third-order valence-corrected chi connectivity index (χ3v) is 5.77. The number of amides is 1. The molecule has 0 atom stereocenters. The average Bonchev–Trinajstić information content (AvgIpc) is 3.11. The Morgan fingerprint density at radius 2 is 2.07 bits per heavy atom. The standard InChI is InChI=1S/C17H17Cl2N3O2S.C2H5NO/c18-11-1-2-12(14(19)9-11)15-13(10-20)17(22-4-7-24-8-5-22)25-16(15)21-3-6-23;1-3-2-4/h1-2,9,21,23H,3-8H2;2H,1H3,(H,3,4). The molecular formula is C19H22Cl2N4O3S. The lowest BCUT2D eigenvalue weighted by Crippen LogP contribution is -2.36. The molecular weight excluding hydrogens is 435 g/mol. The molecule has 1 aliphatic rings. The number of hydrogen-bond acceptors (Lipinski definition) is 7. The number of benzene rings is 1. The Bertz CT molecular complexity index is 864. The van der Waals surface area contributed by atoms with Crippen LogP contribution in [0, 0.1) is 11.3 Å². The van der Waals surface area contributed by atoms with Crippen molar-refractivity contribution in [2.45, 2.75) is 0 Å². The van der Waals surface area contributed by atoms with Crippen molar-refractivity contribution in [1.82, 2.24) is 5.32 Å². The van der Waals surface area contributed by atoms with E-state index in [0.717, 1.165) is 34.2 Å². The summed E-state index contributed by atoms with van der Waals surface area (Å²) in [5, 5.41) is 27.2. The number of hydrogen-bond donors (Lipinski definition) is 3. The molecule has 1 saturated heterocycles. The topological polar surface area (TPSA) is 97.6 Å². The fourth-order valence-corrected chi connectivity index (χ4v) is 4.50. The van der Waals surface area contributed by atoms with E-state index in [9.17, 15) is 5.26 Å². The fourth-order valence-electron chi connectivity index (χ4n) is 2.76. The maximum absolute atomic E-state index is 9.83. The van der Waals surface area contributed by atoms with Gasteiger partial charge in [-0.15, -0.1) is 0 Å². The monoisotopic (exact) mass is 456 g/mol. The van der Waals surface area contributed by atoms with Gasteiger partial charge in [-0.2, -0.15) is 5.26 Å². The molecule has 0 spiro atoms. The number of ether oxygens (including phenoxy) is 1. The summed E-state index contributed by atoms with van der Waals surface area (Å²) >= 11 is 13.9. The second-order valence-electron chi connectivity index (χ2n) is 5.88. The summed E-state index contributed by atoms with van der Waals surface area (Å²) in [6, 6.07) is 7.58. The SMILES string of the molecule is CNC=O.N#Cc1c(N2CCOCC2)sc(NCCO)c1-c1ccc(Cl)cc1Cl. The summed E-state index contributed by atoms with van der Waals surface area (Å²) in [5.41, 5.74) is 2.08. The Labute approximate surface area is 183 Å². The van der Waals surface area contributed by atoms with Gasteiger partial charge in [0, 0.05) is 42.8 Å². The quantitative estimate of drug-likeness (QED) is 0.577. The molecule has 1 aliphatic heterocycles. The molecule has 1 aromatic heterocycles. The number of aliphatic hydroxyl groups excluding tert-OH is 1. The average molecular weight is 457 g/mol. The lowest BCUT2D eigenvalue weighted by molar-refractivity contribution is -0.109. The molecule has 3 rings (SSSR count). The summed E-state index contributed by atoms with van der Waals surface area (Å²) in [4.78, 5) is 11.2.